The Bertz CT molecular complexity index is 1280. The highest BCUT2D eigenvalue weighted by molar-refractivity contribution is 7.91. The number of nitrogens with one attached hydrogen (secondary N) is 1. The summed E-state index contributed by atoms with van der Waals surface area (Å²) in [5, 5.41) is 32.4. The summed E-state index contributed by atoms with van der Waals surface area (Å²) in [5.74, 6) is 0.460. The SMILES string of the molecule is CCCS(=O)(=O)c1nc(NC2CC2c2ccc(Cl)cc2)c2nnn([C@@H]3CC[C@@H](O)[C@H]3O)c2n1. The number of aromatic nitrogens is 5. The van der Waals surface area contributed by atoms with E-state index in [0.717, 1.165) is 12.0 Å². The van der Waals surface area contributed by atoms with E-state index in [2.05, 4.69) is 25.6 Å². The van der Waals surface area contributed by atoms with Crippen LogP contribution in [-0.2, 0) is 9.84 Å². The average molecular weight is 493 g/mol. The fraction of sp³-hybridized carbons (Fsp3) is 0.524. The fourth-order valence-corrected chi connectivity index (χ4v) is 5.75. The smallest absolute Gasteiger partial charge is 0.251 e. The first-order chi connectivity index (χ1) is 15.8. The molecule has 5 atom stereocenters. The molecule has 0 amide bonds. The molecule has 0 saturated heterocycles. The minimum absolute atomic E-state index is 0.0510. The van der Waals surface area contributed by atoms with Crippen LogP contribution in [0.25, 0.3) is 11.2 Å². The number of rotatable bonds is 7. The lowest BCUT2D eigenvalue weighted by molar-refractivity contribution is 0.0215. The molecule has 10 nitrogen and oxygen atoms in total. The maximum absolute atomic E-state index is 12.8. The molecule has 2 saturated carbocycles. The first-order valence-electron chi connectivity index (χ1n) is 11.0. The Balaban J connectivity index is 1.52. The van der Waals surface area contributed by atoms with E-state index in [0.29, 0.717) is 35.6 Å². The Kier molecular flexibility index (Phi) is 5.76. The molecule has 3 N–H and O–H groups in total. The van der Waals surface area contributed by atoms with Gasteiger partial charge in [-0.25, -0.2) is 13.1 Å². The van der Waals surface area contributed by atoms with Crippen LogP contribution in [0.4, 0.5) is 5.82 Å². The second-order valence-corrected chi connectivity index (χ2v) is 11.2. The van der Waals surface area contributed by atoms with Crippen LogP contribution in [-0.4, -0.2) is 67.6 Å². The predicted molar refractivity (Wildman–Crippen MR) is 122 cm³/mol. The second kappa shape index (κ2) is 8.46. The number of fused-ring (bicyclic) bond motifs is 1. The van der Waals surface area contributed by atoms with Crippen molar-refractivity contribution in [3.8, 4) is 0 Å². The molecule has 0 spiro atoms. The summed E-state index contributed by atoms with van der Waals surface area (Å²) in [7, 11) is -3.71. The zero-order valence-electron chi connectivity index (χ0n) is 18.0. The van der Waals surface area contributed by atoms with Crippen molar-refractivity contribution in [2.75, 3.05) is 11.1 Å². The van der Waals surface area contributed by atoms with Crippen molar-refractivity contribution >= 4 is 38.4 Å². The summed E-state index contributed by atoms with van der Waals surface area (Å²) in [5.41, 5.74) is 1.69. The minimum atomic E-state index is -3.71. The van der Waals surface area contributed by atoms with Gasteiger partial charge in [0.15, 0.2) is 17.0 Å². The summed E-state index contributed by atoms with van der Waals surface area (Å²) in [6.07, 6.45) is 0.268. The number of benzene rings is 1. The van der Waals surface area contributed by atoms with E-state index in [1.807, 2.05) is 24.3 Å². The van der Waals surface area contributed by atoms with E-state index in [4.69, 9.17) is 11.6 Å². The number of sulfone groups is 1. The highest BCUT2D eigenvalue weighted by atomic mass is 35.5. The van der Waals surface area contributed by atoms with Gasteiger partial charge in [-0.2, -0.15) is 9.97 Å². The van der Waals surface area contributed by atoms with Gasteiger partial charge >= 0.3 is 0 Å². The van der Waals surface area contributed by atoms with Gasteiger partial charge in [-0.05, 0) is 43.4 Å². The Hall–Kier alpha value is -2.34. The lowest BCUT2D eigenvalue weighted by atomic mass is 10.1. The highest BCUT2D eigenvalue weighted by Crippen LogP contribution is 2.43. The average Bonchev–Trinajstić information content (AvgIpc) is 3.28. The molecule has 0 aliphatic heterocycles. The number of nitrogens with zero attached hydrogens (tertiary/aromatic N) is 5. The molecule has 2 heterocycles. The van der Waals surface area contributed by atoms with Crippen molar-refractivity contribution in [3.63, 3.8) is 0 Å². The van der Waals surface area contributed by atoms with E-state index in [1.165, 1.54) is 4.68 Å². The highest BCUT2D eigenvalue weighted by Gasteiger charge is 2.40. The van der Waals surface area contributed by atoms with Crippen molar-refractivity contribution in [1.29, 1.82) is 0 Å². The van der Waals surface area contributed by atoms with Crippen molar-refractivity contribution in [2.45, 2.75) is 68.0 Å². The van der Waals surface area contributed by atoms with Gasteiger partial charge in [-0.1, -0.05) is 35.9 Å². The van der Waals surface area contributed by atoms with Crippen molar-refractivity contribution in [2.24, 2.45) is 0 Å². The Morgan fingerprint density at radius 1 is 1.18 bits per heavy atom. The molecular formula is C21H25ClN6O4S. The zero-order valence-corrected chi connectivity index (χ0v) is 19.5. The van der Waals surface area contributed by atoms with Crippen LogP contribution >= 0.6 is 11.6 Å². The van der Waals surface area contributed by atoms with Crippen LogP contribution in [0, 0.1) is 0 Å². The van der Waals surface area contributed by atoms with Crippen molar-refractivity contribution in [3.05, 3.63) is 34.9 Å². The molecule has 5 rings (SSSR count). The molecule has 12 heteroatoms. The van der Waals surface area contributed by atoms with Gasteiger partial charge in [0.05, 0.1) is 17.9 Å². The number of anilines is 1. The van der Waals surface area contributed by atoms with Gasteiger partial charge in [0.1, 0.15) is 6.10 Å². The lowest BCUT2D eigenvalue weighted by Crippen LogP contribution is -2.28. The first kappa shape index (κ1) is 22.5. The minimum Gasteiger partial charge on any atom is -0.390 e. The maximum atomic E-state index is 12.8. The molecule has 2 aliphatic rings. The lowest BCUT2D eigenvalue weighted by Gasteiger charge is -2.17. The molecule has 2 unspecified atom stereocenters. The third-order valence-electron chi connectivity index (χ3n) is 6.33. The molecular weight excluding hydrogens is 468 g/mol. The number of hydrogen-bond acceptors (Lipinski definition) is 9. The molecule has 3 aromatic rings. The maximum Gasteiger partial charge on any atom is 0.251 e. The first-order valence-corrected chi connectivity index (χ1v) is 13.1. The van der Waals surface area contributed by atoms with Gasteiger partial charge < -0.3 is 15.5 Å². The van der Waals surface area contributed by atoms with Crippen LogP contribution < -0.4 is 5.32 Å². The van der Waals surface area contributed by atoms with Gasteiger partial charge in [-0.3, -0.25) is 0 Å². The monoisotopic (exact) mass is 492 g/mol. The zero-order chi connectivity index (χ0) is 23.3. The van der Waals surface area contributed by atoms with Crippen LogP contribution in [0.15, 0.2) is 29.4 Å². The van der Waals surface area contributed by atoms with E-state index < -0.39 is 28.1 Å². The number of aliphatic hydroxyl groups excluding tert-OH is 2. The second-order valence-electron chi connectivity index (χ2n) is 8.73. The van der Waals surface area contributed by atoms with Crippen molar-refractivity contribution < 1.29 is 18.6 Å². The Morgan fingerprint density at radius 2 is 1.94 bits per heavy atom. The van der Waals surface area contributed by atoms with Crippen molar-refractivity contribution in [1.82, 2.24) is 25.0 Å². The van der Waals surface area contributed by atoms with Crippen LogP contribution in [0.3, 0.4) is 0 Å². The van der Waals surface area contributed by atoms with Gasteiger partial charge in [-0.15, -0.1) is 5.10 Å². The van der Waals surface area contributed by atoms with Crippen LogP contribution in [0.2, 0.25) is 5.02 Å². The Morgan fingerprint density at radius 3 is 2.61 bits per heavy atom. The largest absolute Gasteiger partial charge is 0.390 e. The standard InChI is InChI=1S/C21H25ClN6O4S/c1-2-9-33(31,32)21-24-19(23-14-10-13(14)11-3-5-12(22)6-4-11)17-20(25-21)28(27-26-17)15-7-8-16(29)18(15)30/h3-6,13-16,18,29-30H,2,7-10H2,1H3,(H,23,24,25)/t13?,14?,15-,16-,18+/m1/s1. The molecule has 176 valence electrons. The summed E-state index contributed by atoms with van der Waals surface area (Å²) >= 11 is 5.99. The number of halogens is 1. The molecule has 0 radical (unpaired) electrons. The molecule has 2 aliphatic carbocycles. The fourth-order valence-electron chi connectivity index (χ4n) is 4.45. The summed E-state index contributed by atoms with van der Waals surface area (Å²) in [6.45, 7) is 1.78. The number of hydrogen-bond donors (Lipinski definition) is 3. The molecule has 1 aromatic carbocycles. The van der Waals surface area contributed by atoms with Crippen LogP contribution in [0.1, 0.15) is 50.1 Å². The predicted octanol–water partition coefficient (Wildman–Crippen LogP) is 2.08. The van der Waals surface area contributed by atoms with Crippen LogP contribution in [0.5, 0.6) is 0 Å². The van der Waals surface area contributed by atoms with Gasteiger partial charge in [0.25, 0.3) is 5.16 Å². The third kappa shape index (κ3) is 4.18. The van der Waals surface area contributed by atoms with Gasteiger partial charge in [0, 0.05) is 17.0 Å². The Labute approximate surface area is 195 Å². The normalized spacial score (nSPS) is 27.2. The molecule has 2 fully saturated rings. The van der Waals surface area contributed by atoms with E-state index >= 15 is 0 Å². The third-order valence-corrected chi connectivity index (χ3v) is 8.26. The quantitative estimate of drug-likeness (QED) is 0.422. The molecule has 0 bridgehead atoms. The van der Waals surface area contributed by atoms with E-state index in [1.54, 1.807) is 6.92 Å². The summed E-state index contributed by atoms with van der Waals surface area (Å²) < 4.78 is 27.0. The number of aliphatic hydroxyl groups is 2. The van der Waals surface area contributed by atoms with E-state index in [-0.39, 0.29) is 28.5 Å². The van der Waals surface area contributed by atoms with E-state index in [9.17, 15) is 18.6 Å². The molecule has 33 heavy (non-hydrogen) atoms. The topological polar surface area (TPSA) is 143 Å². The molecule has 2 aromatic heterocycles. The summed E-state index contributed by atoms with van der Waals surface area (Å²) in [4.78, 5) is 8.62. The van der Waals surface area contributed by atoms with Gasteiger partial charge in [0.2, 0.25) is 9.84 Å². The summed E-state index contributed by atoms with van der Waals surface area (Å²) in [6, 6.07) is 7.15.